The van der Waals surface area contributed by atoms with Crippen molar-refractivity contribution in [1.29, 1.82) is 0 Å². The third-order valence-corrected chi connectivity index (χ3v) is 4.90. The summed E-state index contributed by atoms with van der Waals surface area (Å²) in [5, 5.41) is 6.25. The van der Waals surface area contributed by atoms with Crippen LogP contribution >= 0.6 is 11.8 Å². The number of halogens is 3. The normalized spacial score (nSPS) is 24.9. The Bertz CT molecular complexity index is 560. The van der Waals surface area contributed by atoms with Crippen molar-refractivity contribution in [1.82, 2.24) is 15.2 Å². The molecule has 2 fully saturated rings. The molecule has 0 unspecified atom stereocenters. The summed E-state index contributed by atoms with van der Waals surface area (Å²) in [7, 11) is 0. The van der Waals surface area contributed by atoms with E-state index >= 15 is 0 Å². The topological polar surface area (TPSA) is 57.3 Å². The predicted molar refractivity (Wildman–Crippen MR) is 82.1 cm³/mol. The highest BCUT2D eigenvalue weighted by molar-refractivity contribution is 7.99. The molecule has 2 aliphatic rings. The lowest BCUT2D eigenvalue weighted by Gasteiger charge is -2.19. The molecule has 0 aromatic carbocycles. The summed E-state index contributed by atoms with van der Waals surface area (Å²) >= 11 is 1.74. The van der Waals surface area contributed by atoms with Crippen molar-refractivity contribution in [2.75, 3.05) is 30.0 Å². The van der Waals surface area contributed by atoms with Gasteiger partial charge in [-0.25, -0.2) is 4.98 Å². The quantitative estimate of drug-likeness (QED) is 0.874. The molecular weight excluding hydrogens is 329 g/mol. The first-order chi connectivity index (χ1) is 10.9. The van der Waals surface area contributed by atoms with E-state index in [2.05, 4.69) is 15.6 Å². The van der Waals surface area contributed by atoms with E-state index in [9.17, 15) is 18.0 Å². The van der Waals surface area contributed by atoms with Crippen LogP contribution in [0.4, 0.5) is 19.0 Å². The molecular formula is C14H17F3N4OS. The molecule has 0 spiro atoms. The number of nitrogens with zero attached hydrogens (tertiary/aromatic N) is 2. The average molecular weight is 346 g/mol. The fraction of sp³-hybridized carbons (Fsp3) is 0.571. The van der Waals surface area contributed by atoms with Crippen LogP contribution in [0.1, 0.15) is 12.0 Å². The Balaban J connectivity index is 1.54. The van der Waals surface area contributed by atoms with Crippen LogP contribution in [0, 0.1) is 0 Å². The minimum atomic E-state index is -4.38. The van der Waals surface area contributed by atoms with Gasteiger partial charge in [-0.05, 0) is 18.6 Å². The fourth-order valence-corrected chi connectivity index (χ4v) is 3.65. The minimum Gasteiger partial charge on any atom is -0.366 e. The zero-order valence-electron chi connectivity index (χ0n) is 12.3. The predicted octanol–water partition coefficient (Wildman–Crippen LogP) is 1.78. The fourth-order valence-electron chi connectivity index (χ4n) is 2.70. The van der Waals surface area contributed by atoms with Crippen molar-refractivity contribution < 1.29 is 18.0 Å². The number of carbonyl (C=O) groups is 1. The molecule has 2 saturated heterocycles. The van der Waals surface area contributed by atoms with Crippen molar-refractivity contribution >= 4 is 23.5 Å². The Morgan fingerprint density at radius 3 is 2.87 bits per heavy atom. The summed E-state index contributed by atoms with van der Waals surface area (Å²) in [6.45, 7) is 1.36. The Labute approximate surface area is 136 Å². The van der Waals surface area contributed by atoms with Gasteiger partial charge in [-0.15, -0.1) is 11.8 Å². The minimum absolute atomic E-state index is 0.0246. The van der Waals surface area contributed by atoms with E-state index in [-0.39, 0.29) is 18.0 Å². The summed E-state index contributed by atoms with van der Waals surface area (Å²) in [4.78, 5) is 17.9. The molecule has 1 aromatic heterocycles. The van der Waals surface area contributed by atoms with Crippen molar-refractivity contribution in [2.24, 2.45) is 0 Å². The first-order valence-corrected chi connectivity index (χ1v) is 8.48. The standard InChI is InChI=1S/C14H17F3N4OS/c15-14(16,17)9-1-2-12(19-6-9)20-10-5-11(18-7-10)13(22)21-3-4-23-8-21/h1-2,6,10-11,18H,3-5,7-8H2,(H,19,20)/t10-,11-/m0/s1. The maximum atomic E-state index is 12.5. The molecule has 2 N–H and O–H groups in total. The van der Waals surface area contributed by atoms with Gasteiger partial charge in [0.25, 0.3) is 0 Å². The van der Waals surface area contributed by atoms with Gasteiger partial charge in [0.1, 0.15) is 5.82 Å². The maximum Gasteiger partial charge on any atom is 0.417 e. The molecule has 3 rings (SSSR count). The lowest BCUT2D eigenvalue weighted by atomic mass is 10.1. The third kappa shape index (κ3) is 3.89. The lowest BCUT2D eigenvalue weighted by molar-refractivity contribution is -0.137. The van der Waals surface area contributed by atoms with E-state index in [0.29, 0.717) is 18.8 Å². The van der Waals surface area contributed by atoms with Gasteiger partial charge in [-0.2, -0.15) is 13.2 Å². The molecule has 2 atom stereocenters. The number of rotatable bonds is 3. The number of amides is 1. The first-order valence-electron chi connectivity index (χ1n) is 7.33. The highest BCUT2D eigenvalue weighted by atomic mass is 32.2. The largest absolute Gasteiger partial charge is 0.417 e. The number of alkyl halides is 3. The molecule has 1 aromatic rings. The molecule has 126 valence electrons. The van der Waals surface area contributed by atoms with Gasteiger partial charge in [-0.3, -0.25) is 4.79 Å². The van der Waals surface area contributed by atoms with E-state index in [1.807, 2.05) is 4.90 Å². The molecule has 1 amide bonds. The van der Waals surface area contributed by atoms with Crippen molar-refractivity contribution in [3.63, 3.8) is 0 Å². The van der Waals surface area contributed by atoms with E-state index in [1.165, 1.54) is 6.07 Å². The van der Waals surface area contributed by atoms with Crippen LogP contribution in [0.25, 0.3) is 0 Å². The molecule has 9 heteroatoms. The zero-order valence-corrected chi connectivity index (χ0v) is 13.1. The van der Waals surface area contributed by atoms with Crippen LogP contribution in [0.5, 0.6) is 0 Å². The third-order valence-electron chi connectivity index (χ3n) is 3.94. The molecule has 0 aliphatic carbocycles. The molecule has 2 aliphatic heterocycles. The van der Waals surface area contributed by atoms with Crippen molar-refractivity contribution in [3.8, 4) is 0 Å². The summed E-state index contributed by atoms with van der Waals surface area (Å²) in [5.41, 5.74) is -0.771. The molecule has 0 saturated carbocycles. The smallest absolute Gasteiger partial charge is 0.366 e. The number of aromatic nitrogens is 1. The summed E-state index contributed by atoms with van der Waals surface area (Å²) in [6, 6.07) is 2.06. The van der Waals surface area contributed by atoms with Gasteiger partial charge in [0.05, 0.1) is 17.5 Å². The molecule has 23 heavy (non-hydrogen) atoms. The van der Waals surface area contributed by atoms with Crippen LogP contribution in [-0.2, 0) is 11.0 Å². The number of carbonyl (C=O) groups excluding carboxylic acids is 1. The number of thioether (sulfide) groups is 1. The zero-order chi connectivity index (χ0) is 16.4. The Kier molecular flexibility index (Phi) is 4.67. The van der Waals surface area contributed by atoms with Gasteiger partial charge < -0.3 is 15.5 Å². The Morgan fingerprint density at radius 1 is 1.43 bits per heavy atom. The van der Waals surface area contributed by atoms with Gasteiger partial charge in [0.15, 0.2) is 0 Å². The van der Waals surface area contributed by atoms with E-state index in [1.54, 1.807) is 11.8 Å². The lowest BCUT2D eigenvalue weighted by Crippen LogP contribution is -2.42. The number of hydrogen-bond donors (Lipinski definition) is 2. The SMILES string of the molecule is O=C([C@@H]1C[C@H](Nc2ccc(C(F)(F)F)cn2)CN1)N1CCSC1. The second kappa shape index (κ2) is 6.56. The van der Waals surface area contributed by atoms with Gasteiger partial charge >= 0.3 is 6.18 Å². The molecule has 5 nitrogen and oxygen atoms in total. The summed E-state index contributed by atoms with van der Waals surface area (Å²) in [5.74, 6) is 2.18. The van der Waals surface area contributed by atoms with Crippen LogP contribution in [0.15, 0.2) is 18.3 Å². The highest BCUT2D eigenvalue weighted by Gasteiger charge is 2.34. The van der Waals surface area contributed by atoms with Crippen LogP contribution in [0.3, 0.4) is 0 Å². The summed E-state index contributed by atoms with van der Waals surface area (Å²) < 4.78 is 37.5. The number of nitrogens with one attached hydrogen (secondary N) is 2. The maximum absolute atomic E-state index is 12.5. The monoisotopic (exact) mass is 346 g/mol. The second-order valence-electron chi connectivity index (χ2n) is 5.61. The van der Waals surface area contributed by atoms with Crippen LogP contribution in [-0.4, -0.2) is 52.6 Å². The van der Waals surface area contributed by atoms with Gasteiger partial charge in [0, 0.05) is 31.1 Å². The molecule has 0 radical (unpaired) electrons. The Hall–Kier alpha value is -1.48. The number of pyridine rings is 1. The first kappa shape index (κ1) is 16.4. The van der Waals surface area contributed by atoms with Crippen LogP contribution in [0.2, 0.25) is 0 Å². The molecule has 0 bridgehead atoms. The van der Waals surface area contributed by atoms with Gasteiger partial charge in [-0.1, -0.05) is 0 Å². The van der Waals surface area contributed by atoms with E-state index in [4.69, 9.17) is 0 Å². The number of hydrogen-bond acceptors (Lipinski definition) is 5. The van der Waals surface area contributed by atoms with E-state index < -0.39 is 11.7 Å². The van der Waals surface area contributed by atoms with Crippen molar-refractivity contribution in [3.05, 3.63) is 23.9 Å². The Morgan fingerprint density at radius 2 is 2.26 bits per heavy atom. The highest BCUT2D eigenvalue weighted by Crippen LogP contribution is 2.29. The van der Waals surface area contributed by atoms with E-state index in [0.717, 1.165) is 30.4 Å². The summed E-state index contributed by atoms with van der Waals surface area (Å²) in [6.07, 6.45) is -2.97. The number of anilines is 1. The average Bonchev–Trinajstić information content (AvgIpc) is 3.18. The second-order valence-corrected chi connectivity index (χ2v) is 6.68. The van der Waals surface area contributed by atoms with Gasteiger partial charge in [0.2, 0.25) is 5.91 Å². The van der Waals surface area contributed by atoms with Crippen LogP contribution < -0.4 is 10.6 Å². The molecule has 3 heterocycles. The van der Waals surface area contributed by atoms with Crippen molar-refractivity contribution in [2.45, 2.75) is 24.7 Å².